The molecule has 2 heterocycles. The highest BCUT2D eigenvalue weighted by atomic mass is 35.5. The summed E-state index contributed by atoms with van der Waals surface area (Å²) in [5.41, 5.74) is 2.58. The van der Waals surface area contributed by atoms with Crippen molar-refractivity contribution in [1.82, 2.24) is 9.97 Å². The number of fused-ring (bicyclic) bond motifs is 1. The third-order valence-electron chi connectivity index (χ3n) is 3.55. The van der Waals surface area contributed by atoms with E-state index in [1.165, 1.54) is 24.4 Å². The Hall–Kier alpha value is -2.44. The van der Waals surface area contributed by atoms with Gasteiger partial charge in [-0.15, -0.1) is 12.4 Å². The fraction of sp³-hybridized carbons (Fsp3) is 0.167. The van der Waals surface area contributed by atoms with Gasteiger partial charge in [-0.25, -0.2) is 19.2 Å². The highest BCUT2D eigenvalue weighted by molar-refractivity contribution is 6.31. The summed E-state index contributed by atoms with van der Waals surface area (Å²) in [5.74, 6) is -1.03. The molecule has 0 unspecified atom stereocenters. The predicted octanol–water partition coefficient (Wildman–Crippen LogP) is 5.07. The molecule has 0 aliphatic carbocycles. The maximum absolute atomic E-state index is 13.4. The summed E-state index contributed by atoms with van der Waals surface area (Å²) in [6.45, 7) is 3.82. The van der Waals surface area contributed by atoms with Crippen molar-refractivity contribution in [2.45, 2.75) is 13.8 Å². The van der Waals surface area contributed by atoms with Gasteiger partial charge < -0.3 is 10.1 Å². The van der Waals surface area contributed by atoms with Crippen LogP contribution in [0.15, 0.2) is 36.5 Å². The van der Waals surface area contributed by atoms with Crippen LogP contribution in [0.1, 0.15) is 23.0 Å². The van der Waals surface area contributed by atoms with E-state index in [0.29, 0.717) is 22.4 Å². The highest BCUT2D eigenvalue weighted by Crippen LogP contribution is 2.30. The summed E-state index contributed by atoms with van der Waals surface area (Å²) in [5, 5.41) is 3.74. The summed E-state index contributed by atoms with van der Waals surface area (Å²) in [6.07, 6.45) is 1.42. The second kappa shape index (κ2) is 8.29. The number of rotatable bonds is 4. The number of ether oxygens (including phenoxy) is 1. The van der Waals surface area contributed by atoms with E-state index in [9.17, 15) is 9.18 Å². The van der Waals surface area contributed by atoms with Crippen LogP contribution in [0.3, 0.4) is 0 Å². The van der Waals surface area contributed by atoms with Crippen molar-refractivity contribution < 1.29 is 13.9 Å². The molecule has 136 valence electrons. The topological polar surface area (TPSA) is 64.1 Å². The number of hydrogen-bond acceptors (Lipinski definition) is 5. The first-order valence-corrected chi connectivity index (χ1v) is 8.03. The molecular formula is C18H16Cl2FN3O2. The fourth-order valence-corrected chi connectivity index (χ4v) is 2.57. The minimum Gasteiger partial charge on any atom is -0.462 e. The van der Waals surface area contributed by atoms with Gasteiger partial charge in [0.05, 0.1) is 17.3 Å². The minimum atomic E-state index is -0.519. The molecule has 26 heavy (non-hydrogen) atoms. The Morgan fingerprint density at radius 1 is 1.31 bits per heavy atom. The molecule has 0 bridgehead atoms. The van der Waals surface area contributed by atoms with Crippen LogP contribution in [-0.4, -0.2) is 22.5 Å². The summed E-state index contributed by atoms with van der Waals surface area (Å²) in [6, 6.07) is 7.87. The zero-order valence-corrected chi connectivity index (χ0v) is 15.6. The molecule has 0 radical (unpaired) electrons. The third-order valence-corrected chi connectivity index (χ3v) is 3.84. The first kappa shape index (κ1) is 19.9. The van der Waals surface area contributed by atoms with Crippen molar-refractivity contribution in [2.24, 2.45) is 0 Å². The van der Waals surface area contributed by atoms with E-state index in [1.54, 1.807) is 6.92 Å². The first-order chi connectivity index (χ1) is 12.0. The Bertz CT molecular complexity index is 967. The number of hydrogen-bond donors (Lipinski definition) is 1. The second-order valence-corrected chi connectivity index (χ2v) is 5.75. The SMILES string of the molecule is CCOC(=O)c1cnc2nc(C)ccc2c1Nc1ccc(F)c(Cl)c1.Cl. The van der Waals surface area contributed by atoms with Crippen LogP contribution in [0.5, 0.6) is 0 Å². The molecule has 8 heteroatoms. The van der Waals surface area contributed by atoms with Gasteiger partial charge in [0.15, 0.2) is 5.65 Å². The quantitative estimate of drug-likeness (QED) is 0.624. The number of nitrogens with one attached hydrogen (secondary N) is 1. The number of benzene rings is 1. The molecule has 0 spiro atoms. The van der Waals surface area contributed by atoms with Gasteiger partial charge in [0, 0.05) is 23.0 Å². The average Bonchev–Trinajstić information content (AvgIpc) is 2.58. The zero-order chi connectivity index (χ0) is 18.0. The van der Waals surface area contributed by atoms with E-state index in [4.69, 9.17) is 16.3 Å². The van der Waals surface area contributed by atoms with Crippen molar-refractivity contribution in [3.05, 3.63) is 58.6 Å². The predicted molar refractivity (Wildman–Crippen MR) is 102 cm³/mol. The number of nitrogens with zero attached hydrogens (tertiary/aromatic N) is 2. The lowest BCUT2D eigenvalue weighted by molar-refractivity contribution is 0.0527. The van der Waals surface area contributed by atoms with Crippen LogP contribution >= 0.6 is 24.0 Å². The van der Waals surface area contributed by atoms with E-state index in [1.807, 2.05) is 19.1 Å². The number of aromatic nitrogens is 2. The summed E-state index contributed by atoms with van der Waals surface area (Å²) < 4.78 is 18.5. The van der Waals surface area contributed by atoms with Crippen molar-refractivity contribution in [3.8, 4) is 0 Å². The Balaban J connectivity index is 0.00000243. The van der Waals surface area contributed by atoms with Gasteiger partial charge in [0.1, 0.15) is 11.4 Å². The summed E-state index contributed by atoms with van der Waals surface area (Å²) in [4.78, 5) is 20.9. The second-order valence-electron chi connectivity index (χ2n) is 5.35. The van der Waals surface area contributed by atoms with E-state index in [0.717, 1.165) is 5.69 Å². The van der Waals surface area contributed by atoms with Crippen LogP contribution in [0, 0.1) is 12.7 Å². The molecule has 5 nitrogen and oxygen atoms in total. The number of carbonyl (C=O) groups is 1. The molecule has 3 rings (SSSR count). The maximum Gasteiger partial charge on any atom is 0.341 e. The van der Waals surface area contributed by atoms with Crippen molar-refractivity contribution in [1.29, 1.82) is 0 Å². The number of halogens is 3. The zero-order valence-electron chi connectivity index (χ0n) is 14.0. The van der Waals surface area contributed by atoms with Crippen molar-refractivity contribution >= 4 is 52.4 Å². The minimum absolute atomic E-state index is 0. The van der Waals surface area contributed by atoms with Gasteiger partial charge in [-0.3, -0.25) is 0 Å². The largest absolute Gasteiger partial charge is 0.462 e. The number of anilines is 2. The Labute approximate surface area is 161 Å². The van der Waals surface area contributed by atoms with Crippen molar-refractivity contribution in [3.63, 3.8) is 0 Å². The molecule has 0 atom stereocenters. The van der Waals surface area contributed by atoms with E-state index in [-0.39, 0.29) is 29.6 Å². The molecule has 1 N–H and O–H groups in total. The van der Waals surface area contributed by atoms with Gasteiger partial charge in [0.25, 0.3) is 0 Å². The first-order valence-electron chi connectivity index (χ1n) is 7.65. The lowest BCUT2D eigenvalue weighted by atomic mass is 10.1. The molecule has 0 saturated heterocycles. The third kappa shape index (κ3) is 4.03. The van der Waals surface area contributed by atoms with Gasteiger partial charge in [-0.1, -0.05) is 11.6 Å². The molecular weight excluding hydrogens is 380 g/mol. The number of esters is 1. The molecule has 0 amide bonds. The van der Waals surface area contributed by atoms with E-state index >= 15 is 0 Å². The summed E-state index contributed by atoms with van der Waals surface area (Å²) >= 11 is 5.84. The molecule has 0 saturated carbocycles. The van der Waals surface area contributed by atoms with Crippen LogP contribution in [0.25, 0.3) is 11.0 Å². The van der Waals surface area contributed by atoms with Gasteiger partial charge >= 0.3 is 5.97 Å². The number of pyridine rings is 2. The standard InChI is InChI=1S/C18H15ClFN3O2.ClH/c1-3-25-18(24)13-9-21-17-12(6-4-10(2)22-17)16(13)23-11-5-7-15(20)14(19)8-11;/h4-9H,3H2,1-2H3,(H,21,22,23);1H. The average molecular weight is 396 g/mol. The maximum atomic E-state index is 13.4. The summed E-state index contributed by atoms with van der Waals surface area (Å²) in [7, 11) is 0. The lowest BCUT2D eigenvalue weighted by Gasteiger charge is -2.14. The smallest absolute Gasteiger partial charge is 0.341 e. The van der Waals surface area contributed by atoms with Gasteiger partial charge in [-0.2, -0.15) is 0 Å². The Morgan fingerprint density at radius 2 is 2.08 bits per heavy atom. The van der Waals surface area contributed by atoms with Crippen LogP contribution in [0.2, 0.25) is 5.02 Å². The molecule has 1 aromatic carbocycles. The Morgan fingerprint density at radius 3 is 2.77 bits per heavy atom. The molecule has 0 fully saturated rings. The fourth-order valence-electron chi connectivity index (χ4n) is 2.39. The highest BCUT2D eigenvalue weighted by Gasteiger charge is 2.18. The van der Waals surface area contributed by atoms with E-state index < -0.39 is 11.8 Å². The van der Waals surface area contributed by atoms with Gasteiger partial charge in [-0.05, 0) is 44.2 Å². The monoisotopic (exact) mass is 395 g/mol. The molecule has 0 aliphatic rings. The van der Waals surface area contributed by atoms with Crippen LogP contribution in [0.4, 0.5) is 15.8 Å². The molecule has 0 aliphatic heterocycles. The normalized spacial score (nSPS) is 10.3. The van der Waals surface area contributed by atoms with E-state index in [2.05, 4.69) is 15.3 Å². The molecule has 3 aromatic rings. The lowest BCUT2D eigenvalue weighted by Crippen LogP contribution is -2.09. The molecule has 2 aromatic heterocycles. The van der Waals surface area contributed by atoms with Crippen LogP contribution < -0.4 is 5.32 Å². The number of aryl methyl sites for hydroxylation is 1. The number of carbonyl (C=O) groups excluding carboxylic acids is 1. The van der Waals surface area contributed by atoms with Crippen molar-refractivity contribution in [2.75, 3.05) is 11.9 Å². The van der Waals surface area contributed by atoms with Gasteiger partial charge in [0.2, 0.25) is 0 Å². The van der Waals surface area contributed by atoms with Crippen LogP contribution in [-0.2, 0) is 4.74 Å². The Kier molecular flexibility index (Phi) is 6.34.